The molecule has 3 rings (SSSR count). The molecule has 180 valence electrons. The average molecular weight is 544 g/mol. The third-order valence-electron chi connectivity index (χ3n) is 5.50. The number of hydrogen-bond acceptors (Lipinski definition) is 6. The van der Waals surface area contributed by atoms with Gasteiger partial charge in [-0.3, -0.25) is 4.79 Å². The first kappa shape index (κ1) is 25.5. The van der Waals surface area contributed by atoms with Crippen molar-refractivity contribution in [2.24, 2.45) is 10.1 Å². The number of anilines is 2. The Morgan fingerprint density at radius 1 is 1.36 bits per heavy atom. The summed E-state index contributed by atoms with van der Waals surface area (Å²) in [6.07, 6.45) is 2.95. The SMILES string of the molecule is Cc1c(Br)cnc(N2CCCC(F)(F)CC2)c1C(=O)Nc1cccc(S(C)(=O)=NCCN)c1. The predicted molar refractivity (Wildman–Crippen MR) is 131 cm³/mol. The lowest BCUT2D eigenvalue weighted by Gasteiger charge is -2.25. The standard InChI is InChI=1S/C22H28BrF2N5O2S/c1-15-18(23)14-27-20(30-11-4-7-22(24,25)8-12-30)19(15)21(31)29-16-5-3-6-17(13-16)33(2,32)28-10-9-26/h3,5-6,13-14H,4,7-12,26H2,1-2H3,(H,29,31). The van der Waals surface area contributed by atoms with Crippen molar-refractivity contribution in [2.75, 3.05) is 42.7 Å². The molecule has 1 aliphatic rings. The number of halogens is 3. The Kier molecular flexibility index (Phi) is 8.07. The van der Waals surface area contributed by atoms with Crippen LogP contribution in [-0.2, 0) is 9.73 Å². The van der Waals surface area contributed by atoms with Crippen molar-refractivity contribution < 1.29 is 17.8 Å². The molecule has 1 aromatic heterocycles. The topological polar surface area (TPSA) is 101 Å². The van der Waals surface area contributed by atoms with Gasteiger partial charge in [0, 0.05) is 60.0 Å². The zero-order chi connectivity index (χ0) is 24.2. The molecule has 3 N–H and O–H groups in total. The lowest BCUT2D eigenvalue weighted by molar-refractivity contribution is -0.0102. The fourth-order valence-corrected chi connectivity index (χ4v) is 5.24. The maximum Gasteiger partial charge on any atom is 0.259 e. The molecule has 1 atom stereocenters. The van der Waals surface area contributed by atoms with Crippen LogP contribution in [0.4, 0.5) is 20.3 Å². The van der Waals surface area contributed by atoms with E-state index in [-0.39, 0.29) is 25.9 Å². The lowest BCUT2D eigenvalue weighted by Crippen LogP contribution is -2.30. The molecule has 33 heavy (non-hydrogen) atoms. The van der Waals surface area contributed by atoms with E-state index in [4.69, 9.17) is 5.73 Å². The molecule has 1 fully saturated rings. The second-order valence-electron chi connectivity index (χ2n) is 8.05. The van der Waals surface area contributed by atoms with Crippen molar-refractivity contribution in [3.8, 4) is 0 Å². The van der Waals surface area contributed by atoms with Gasteiger partial charge >= 0.3 is 0 Å². The van der Waals surface area contributed by atoms with Gasteiger partial charge in [0.2, 0.25) is 5.92 Å². The van der Waals surface area contributed by atoms with Crippen LogP contribution in [0.2, 0.25) is 0 Å². The molecule has 0 bridgehead atoms. The fraction of sp³-hybridized carbons (Fsp3) is 0.455. The Hall–Kier alpha value is -2.11. The van der Waals surface area contributed by atoms with E-state index in [1.54, 1.807) is 42.3 Å². The van der Waals surface area contributed by atoms with E-state index in [1.807, 2.05) is 0 Å². The van der Waals surface area contributed by atoms with Crippen molar-refractivity contribution in [3.63, 3.8) is 0 Å². The van der Waals surface area contributed by atoms with E-state index < -0.39 is 21.6 Å². The van der Waals surface area contributed by atoms with Crippen LogP contribution in [0.25, 0.3) is 0 Å². The lowest BCUT2D eigenvalue weighted by atomic mass is 10.1. The highest BCUT2D eigenvalue weighted by molar-refractivity contribution is 9.10. The zero-order valence-electron chi connectivity index (χ0n) is 18.6. The summed E-state index contributed by atoms with van der Waals surface area (Å²) in [6, 6.07) is 6.68. The number of benzene rings is 1. The van der Waals surface area contributed by atoms with Crippen molar-refractivity contribution in [1.29, 1.82) is 0 Å². The van der Waals surface area contributed by atoms with Crippen LogP contribution in [-0.4, -0.2) is 53.5 Å². The first-order valence-electron chi connectivity index (χ1n) is 10.6. The Morgan fingerprint density at radius 3 is 2.85 bits per heavy atom. The molecule has 11 heteroatoms. The Balaban J connectivity index is 1.93. The minimum absolute atomic E-state index is 0.109. The van der Waals surface area contributed by atoms with Crippen LogP contribution in [0.15, 0.2) is 44.2 Å². The smallest absolute Gasteiger partial charge is 0.259 e. The number of carbonyl (C=O) groups is 1. The van der Waals surface area contributed by atoms with Crippen LogP contribution in [0.1, 0.15) is 35.2 Å². The molecule has 0 aliphatic carbocycles. The molecule has 1 amide bonds. The van der Waals surface area contributed by atoms with Crippen molar-refractivity contribution in [1.82, 2.24) is 4.98 Å². The average Bonchev–Trinajstić information content (AvgIpc) is 2.94. The molecule has 1 aliphatic heterocycles. The van der Waals surface area contributed by atoms with Crippen LogP contribution in [0.3, 0.4) is 0 Å². The van der Waals surface area contributed by atoms with Gasteiger partial charge in [-0.2, -0.15) is 0 Å². The van der Waals surface area contributed by atoms with E-state index in [1.165, 1.54) is 6.26 Å². The summed E-state index contributed by atoms with van der Waals surface area (Å²) in [7, 11) is -2.66. The Bertz CT molecular complexity index is 1150. The van der Waals surface area contributed by atoms with E-state index in [0.717, 1.165) is 0 Å². The van der Waals surface area contributed by atoms with Crippen LogP contribution < -0.4 is 16.0 Å². The van der Waals surface area contributed by atoms with Gasteiger partial charge in [0.15, 0.2) is 0 Å². The Labute approximate surface area is 201 Å². The number of aromatic nitrogens is 1. The number of nitrogens with two attached hydrogens (primary N) is 1. The maximum absolute atomic E-state index is 13.9. The summed E-state index contributed by atoms with van der Waals surface area (Å²) in [5, 5.41) is 2.84. The fourth-order valence-electron chi connectivity index (χ4n) is 3.66. The highest BCUT2D eigenvalue weighted by atomic mass is 79.9. The number of pyridine rings is 1. The molecular weight excluding hydrogens is 516 g/mol. The normalized spacial score (nSPS) is 17.7. The van der Waals surface area contributed by atoms with Crippen molar-refractivity contribution in [3.05, 3.63) is 46.1 Å². The van der Waals surface area contributed by atoms with Crippen LogP contribution in [0, 0.1) is 6.92 Å². The van der Waals surface area contributed by atoms with Gasteiger partial charge in [0.1, 0.15) is 5.82 Å². The molecule has 1 aromatic carbocycles. The van der Waals surface area contributed by atoms with Crippen LogP contribution in [0.5, 0.6) is 0 Å². The number of amides is 1. The molecule has 1 saturated heterocycles. The maximum atomic E-state index is 13.9. The largest absolute Gasteiger partial charge is 0.356 e. The summed E-state index contributed by atoms with van der Waals surface area (Å²) >= 11 is 3.41. The van der Waals surface area contributed by atoms with Gasteiger partial charge in [-0.05, 0) is 53.0 Å². The van der Waals surface area contributed by atoms with Gasteiger partial charge < -0.3 is 16.0 Å². The van der Waals surface area contributed by atoms with Gasteiger partial charge in [0.25, 0.3) is 5.91 Å². The minimum Gasteiger partial charge on any atom is -0.356 e. The summed E-state index contributed by atoms with van der Waals surface area (Å²) in [5.74, 6) is -2.77. The number of carbonyl (C=O) groups excluding carboxylic acids is 1. The molecule has 0 spiro atoms. The number of hydrogen-bond donors (Lipinski definition) is 2. The monoisotopic (exact) mass is 543 g/mol. The van der Waals surface area contributed by atoms with E-state index in [2.05, 4.69) is 30.6 Å². The first-order chi connectivity index (χ1) is 15.5. The molecular formula is C22H28BrF2N5O2S. The second kappa shape index (κ2) is 10.4. The van der Waals surface area contributed by atoms with E-state index in [9.17, 15) is 17.8 Å². The van der Waals surface area contributed by atoms with Gasteiger partial charge in [-0.1, -0.05) is 6.07 Å². The molecule has 7 nitrogen and oxygen atoms in total. The summed E-state index contributed by atoms with van der Waals surface area (Å²) < 4.78 is 45.4. The number of rotatable bonds is 6. The Morgan fingerprint density at radius 2 is 2.12 bits per heavy atom. The van der Waals surface area contributed by atoms with Gasteiger partial charge in [-0.15, -0.1) is 0 Å². The number of nitrogens with zero attached hydrogens (tertiary/aromatic N) is 3. The minimum atomic E-state index is -2.72. The highest BCUT2D eigenvalue weighted by Crippen LogP contribution is 2.33. The quantitative estimate of drug-likeness (QED) is 0.560. The van der Waals surface area contributed by atoms with Gasteiger partial charge in [-0.25, -0.2) is 22.3 Å². The highest BCUT2D eigenvalue weighted by Gasteiger charge is 2.33. The van der Waals surface area contributed by atoms with Crippen molar-refractivity contribution >= 4 is 43.1 Å². The number of nitrogens with one attached hydrogen (secondary N) is 1. The third-order valence-corrected chi connectivity index (χ3v) is 8.10. The van der Waals surface area contributed by atoms with Crippen LogP contribution >= 0.6 is 15.9 Å². The second-order valence-corrected chi connectivity index (χ2v) is 11.2. The molecule has 2 aromatic rings. The van der Waals surface area contributed by atoms with Crippen molar-refractivity contribution in [2.45, 2.75) is 37.0 Å². The third kappa shape index (κ3) is 6.27. The molecule has 0 radical (unpaired) electrons. The molecule has 0 saturated carbocycles. The van der Waals surface area contributed by atoms with E-state index in [0.29, 0.717) is 51.5 Å². The number of alkyl halides is 2. The summed E-state index contributed by atoms with van der Waals surface area (Å²) in [5.41, 5.74) is 6.88. The van der Waals surface area contributed by atoms with E-state index >= 15 is 0 Å². The first-order valence-corrected chi connectivity index (χ1v) is 13.3. The molecule has 1 unspecified atom stereocenters. The predicted octanol–water partition coefficient (Wildman–Crippen LogP) is 4.45. The zero-order valence-corrected chi connectivity index (χ0v) is 21.0. The summed E-state index contributed by atoms with van der Waals surface area (Å²) in [6.45, 7) is 2.84. The van der Waals surface area contributed by atoms with Gasteiger partial charge in [0.05, 0.1) is 21.8 Å². The molecule has 2 heterocycles. The summed E-state index contributed by atoms with van der Waals surface area (Å²) in [4.78, 5) is 20.0.